The van der Waals surface area contributed by atoms with E-state index in [1.54, 1.807) is 24.6 Å². The molecule has 0 saturated heterocycles. The molecular weight excluding hydrogens is 470 g/mol. The molecular formula is C21H18F2N6O4S. The molecule has 0 spiro atoms. The number of carbonyl (C=O) groups is 1. The van der Waals surface area contributed by atoms with Crippen LogP contribution < -0.4 is 14.8 Å². The molecule has 1 saturated carbocycles. The van der Waals surface area contributed by atoms with Crippen molar-refractivity contribution in [2.75, 3.05) is 5.75 Å². The van der Waals surface area contributed by atoms with Gasteiger partial charge in [-0.1, -0.05) is 6.92 Å². The monoisotopic (exact) mass is 488 g/mol. The summed E-state index contributed by atoms with van der Waals surface area (Å²) in [5, 5.41) is 7.65. The molecule has 4 heterocycles. The largest absolute Gasteiger partial charge is 0.586 e. The fourth-order valence-electron chi connectivity index (χ4n) is 3.94. The lowest BCUT2D eigenvalue weighted by atomic mass is 10.3. The molecule has 1 N–H and O–H groups in total. The fourth-order valence-corrected chi connectivity index (χ4v) is 4.79. The predicted octanol–water partition coefficient (Wildman–Crippen LogP) is 2.62. The number of benzene rings is 1. The lowest BCUT2D eigenvalue weighted by Gasteiger charge is -2.06. The number of nitrogens with zero attached hydrogens (tertiary/aromatic N) is 5. The molecule has 6 rings (SSSR count). The fraction of sp³-hybridized carbons (Fsp3) is 0.333. The first-order valence-electron chi connectivity index (χ1n) is 10.6. The van der Waals surface area contributed by atoms with Gasteiger partial charge in [0.15, 0.2) is 22.2 Å². The maximum atomic E-state index is 13.5. The van der Waals surface area contributed by atoms with E-state index >= 15 is 0 Å². The highest BCUT2D eigenvalue weighted by molar-refractivity contribution is 7.85. The molecule has 1 aliphatic carbocycles. The summed E-state index contributed by atoms with van der Waals surface area (Å²) in [5.74, 6) is 0.118. The van der Waals surface area contributed by atoms with Gasteiger partial charge in [0.05, 0.1) is 27.4 Å². The number of aryl methyl sites for hydroxylation is 1. The smallest absolute Gasteiger partial charge is 0.395 e. The van der Waals surface area contributed by atoms with Gasteiger partial charge in [-0.15, -0.1) is 8.78 Å². The van der Waals surface area contributed by atoms with Crippen LogP contribution in [0.4, 0.5) is 8.78 Å². The number of rotatable bonds is 5. The summed E-state index contributed by atoms with van der Waals surface area (Å²) < 4.78 is 52.1. The molecule has 34 heavy (non-hydrogen) atoms. The summed E-state index contributed by atoms with van der Waals surface area (Å²) in [6.45, 7) is 1.76. The van der Waals surface area contributed by atoms with Gasteiger partial charge in [0, 0.05) is 37.2 Å². The third-order valence-electron chi connectivity index (χ3n) is 5.74. The van der Waals surface area contributed by atoms with Crippen molar-refractivity contribution in [3.05, 3.63) is 30.1 Å². The van der Waals surface area contributed by atoms with Crippen molar-refractivity contribution in [1.82, 2.24) is 29.5 Å². The number of fused-ring (bicyclic) bond motifs is 3. The van der Waals surface area contributed by atoms with Gasteiger partial charge in [-0.3, -0.25) is 9.00 Å². The minimum Gasteiger partial charge on any atom is -0.395 e. The Labute approximate surface area is 193 Å². The SMILES string of the molecule is CCS(=O)c1nn2c(C(=O)NC3CC3)ccnc2c1-c1nc2cc3c(cc2n1C)OC(F)(F)O3. The third-order valence-corrected chi connectivity index (χ3v) is 6.98. The third kappa shape index (κ3) is 3.22. The number of ether oxygens (including phenoxy) is 2. The van der Waals surface area contributed by atoms with Gasteiger partial charge >= 0.3 is 6.29 Å². The van der Waals surface area contributed by atoms with Gasteiger partial charge in [-0.2, -0.15) is 5.10 Å². The lowest BCUT2D eigenvalue weighted by Crippen LogP contribution is -2.27. The summed E-state index contributed by atoms with van der Waals surface area (Å²) in [5.41, 5.74) is 1.83. The quantitative estimate of drug-likeness (QED) is 0.460. The van der Waals surface area contributed by atoms with E-state index in [1.165, 1.54) is 22.8 Å². The van der Waals surface area contributed by atoms with Gasteiger partial charge in [-0.25, -0.2) is 14.5 Å². The van der Waals surface area contributed by atoms with Crippen molar-refractivity contribution in [2.24, 2.45) is 7.05 Å². The lowest BCUT2D eigenvalue weighted by molar-refractivity contribution is -0.286. The van der Waals surface area contributed by atoms with E-state index < -0.39 is 17.1 Å². The molecule has 176 valence electrons. The number of aromatic nitrogens is 5. The van der Waals surface area contributed by atoms with E-state index in [4.69, 9.17) is 0 Å². The molecule has 13 heteroatoms. The summed E-state index contributed by atoms with van der Waals surface area (Å²) in [6.07, 6.45) is -0.392. The Morgan fingerprint density at radius 2 is 2.03 bits per heavy atom. The average Bonchev–Trinajstić information content (AvgIpc) is 3.33. The number of amides is 1. The molecule has 3 aromatic heterocycles. The van der Waals surface area contributed by atoms with Crippen LogP contribution in [-0.2, 0) is 17.8 Å². The maximum Gasteiger partial charge on any atom is 0.586 e. The Balaban J connectivity index is 1.56. The number of nitrogens with one attached hydrogen (secondary N) is 1. The van der Waals surface area contributed by atoms with E-state index in [-0.39, 0.29) is 39.9 Å². The Kier molecular flexibility index (Phi) is 4.43. The maximum absolute atomic E-state index is 13.5. The van der Waals surface area contributed by atoms with Crippen LogP contribution in [-0.4, -0.2) is 52.4 Å². The van der Waals surface area contributed by atoms with Gasteiger partial charge in [0.25, 0.3) is 5.91 Å². The Bertz CT molecular complexity index is 1530. The van der Waals surface area contributed by atoms with Gasteiger partial charge in [-0.05, 0) is 18.9 Å². The second-order valence-electron chi connectivity index (χ2n) is 8.08. The molecule has 1 atom stereocenters. The van der Waals surface area contributed by atoms with E-state index in [2.05, 4.69) is 29.9 Å². The summed E-state index contributed by atoms with van der Waals surface area (Å²) in [7, 11) is 0.191. The van der Waals surface area contributed by atoms with Crippen LogP contribution in [0.1, 0.15) is 30.3 Å². The van der Waals surface area contributed by atoms with Crippen molar-refractivity contribution in [2.45, 2.75) is 37.1 Å². The van der Waals surface area contributed by atoms with Crippen LogP contribution in [0, 0.1) is 0 Å². The highest BCUT2D eigenvalue weighted by atomic mass is 32.2. The molecule has 10 nitrogen and oxygen atoms in total. The normalized spacial score (nSPS) is 17.4. The van der Waals surface area contributed by atoms with E-state index in [1.807, 2.05) is 0 Å². The van der Waals surface area contributed by atoms with Gasteiger partial charge in [0.1, 0.15) is 11.5 Å². The zero-order chi connectivity index (χ0) is 23.8. The first-order chi connectivity index (χ1) is 16.3. The van der Waals surface area contributed by atoms with E-state index in [0.717, 1.165) is 12.8 Å². The number of imidazole rings is 1. The highest BCUT2D eigenvalue weighted by Gasteiger charge is 2.44. The Morgan fingerprint density at radius 1 is 1.29 bits per heavy atom. The molecule has 1 fully saturated rings. The molecule has 1 unspecified atom stereocenters. The second kappa shape index (κ2) is 7.19. The zero-order valence-electron chi connectivity index (χ0n) is 18.0. The predicted molar refractivity (Wildman–Crippen MR) is 116 cm³/mol. The Morgan fingerprint density at radius 3 is 2.74 bits per heavy atom. The standard InChI is InChI=1S/C21H18F2N6O4S/c1-3-34(31)20-16(17-24-7-6-12(29(17)27-20)19(30)25-10-4-5-10)18-26-11-8-14-15(9-13(11)28(18)2)33-21(22,23)32-14/h6-10H,3-5H2,1-2H3,(H,25,30). The molecule has 1 aliphatic heterocycles. The van der Waals surface area contributed by atoms with Crippen LogP contribution in [0.5, 0.6) is 11.5 Å². The number of alkyl halides is 2. The molecule has 4 aromatic rings. The molecule has 0 radical (unpaired) electrons. The number of carbonyl (C=O) groups excluding carboxylic acids is 1. The second-order valence-corrected chi connectivity index (χ2v) is 9.73. The number of halogens is 2. The minimum atomic E-state index is -3.74. The summed E-state index contributed by atoms with van der Waals surface area (Å²) in [4.78, 5) is 21.8. The molecule has 1 aromatic carbocycles. The first-order valence-corrected chi connectivity index (χ1v) is 11.9. The molecule has 1 amide bonds. The van der Waals surface area contributed by atoms with E-state index in [9.17, 15) is 17.8 Å². The van der Waals surface area contributed by atoms with Crippen LogP contribution in [0.2, 0.25) is 0 Å². The number of hydrogen-bond donors (Lipinski definition) is 1. The topological polar surface area (TPSA) is 113 Å². The van der Waals surface area contributed by atoms with Crippen LogP contribution >= 0.6 is 0 Å². The van der Waals surface area contributed by atoms with E-state index in [0.29, 0.717) is 28.1 Å². The first kappa shape index (κ1) is 21.0. The van der Waals surface area contributed by atoms with Crippen LogP contribution in [0.15, 0.2) is 29.4 Å². The van der Waals surface area contributed by atoms with Crippen molar-refractivity contribution < 1.29 is 27.3 Å². The summed E-state index contributed by atoms with van der Waals surface area (Å²) in [6, 6.07) is 4.47. The molecule has 2 aliphatic rings. The van der Waals surface area contributed by atoms with Crippen molar-refractivity contribution in [3.8, 4) is 22.9 Å². The number of hydrogen-bond acceptors (Lipinski definition) is 7. The minimum absolute atomic E-state index is 0.110. The Hall–Kier alpha value is -3.61. The summed E-state index contributed by atoms with van der Waals surface area (Å²) >= 11 is 0. The van der Waals surface area contributed by atoms with Gasteiger partial charge < -0.3 is 19.4 Å². The van der Waals surface area contributed by atoms with Crippen LogP contribution in [0.25, 0.3) is 28.1 Å². The van der Waals surface area contributed by atoms with Crippen molar-refractivity contribution in [3.63, 3.8) is 0 Å². The highest BCUT2D eigenvalue weighted by Crippen LogP contribution is 2.44. The average molecular weight is 488 g/mol. The zero-order valence-corrected chi connectivity index (χ0v) is 18.9. The van der Waals surface area contributed by atoms with Crippen molar-refractivity contribution >= 4 is 33.4 Å². The van der Waals surface area contributed by atoms with Crippen molar-refractivity contribution in [1.29, 1.82) is 0 Å². The van der Waals surface area contributed by atoms with Crippen LogP contribution in [0.3, 0.4) is 0 Å². The molecule has 0 bridgehead atoms. The van der Waals surface area contributed by atoms with Gasteiger partial charge in [0.2, 0.25) is 0 Å².